The highest BCUT2D eigenvalue weighted by molar-refractivity contribution is 9.09. The molecular weight excluding hydrogens is 216 g/mol. The van der Waals surface area contributed by atoms with E-state index in [9.17, 15) is 0 Å². The summed E-state index contributed by atoms with van der Waals surface area (Å²) in [7, 11) is 0. The van der Waals surface area contributed by atoms with Gasteiger partial charge in [-0.15, -0.1) is 0 Å². The lowest BCUT2D eigenvalue weighted by Gasteiger charge is -2.10. The van der Waals surface area contributed by atoms with Crippen LogP contribution in [0, 0.1) is 11.8 Å². The van der Waals surface area contributed by atoms with E-state index >= 15 is 0 Å². The van der Waals surface area contributed by atoms with Crippen LogP contribution in [-0.2, 0) is 4.74 Å². The minimum absolute atomic E-state index is 0.657. The van der Waals surface area contributed by atoms with Crippen LogP contribution in [0.15, 0.2) is 11.6 Å². The van der Waals surface area contributed by atoms with Crippen LogP contribution in [0.4, 0.5) is 0 Å². The van der Waals surface area contributed by atoms with Gasteiger partial charge in [0.1, 0.15) is 0 Å². The van der Waals surface area contributed by atoms with Gasteiger partial charge in [-0.25, -0.2) is 0 Å². The summed E-state index contributed by atoms with van der Waals surface area (Å²) in [5.41, 5.74) is 1.51. The molecule has 0 aliphatic carbocycles. The van der Waals surface area contributed by atoms with Crippen molar-refractivity contribution in [2.24, 2.45) is 11.8 Å². The molecule has 1 fully saturated rings. The summed E-state index contributed by atoms with van der Waals surface area (Å²) in [5, 5.41) is 1.00. The Bertz CT molecular complexity index is 157. The van der Waals surface area contributed by atoms with E-state index in [4.69, 9.17) is 4.74 Å². The number of ether oxygens (including phenoxy) is 1. The summed E-state index contributed by atoms with van der Waals surface area (Å²) in [5.74, 6) is 1.32. The zero-order valence-corrected chi connectivity index (χ0v) is 9.43. The van der Waals surface area contributed by atoms with Crippen molar-refractivity contribution < 1.29 is 4.74 Å². The van der Waals surface area contributed by atoms with Crippen LogP contribution in [0.25, 0.3) is 0 Å². The fourth-order valence-corrected chi connectivity index (χ4v) is 2.21. The SMILES string of the molecule is CC(C)C(=CC1CCOC1)CBr. The molecular formula is C10H17BrO. The topological polar surface area (TPSA) is 9.23 Å². The van der Waals surface area contributed by atoms with Gasteiger partial charge in [0.15, 0.2) is 0 Å². The molecule has 12 heavy (non-hydrogen) atoms. The molecule has 0 saturated carbocycles. The molecule has 0 bridgehead atoms. The highest BCUT2D eigenvalue weighted by Crippen LogP contribution is 2.20. The highest BCUT2D eigenvalue weighted by atomic mass is 79.9. The Hall–Kier alpha value is 0.180. The molecule has 1 unspecified atom stereocenters. The number of halogens is 1. The largest absolute Gasteiger partial charge is 0.381 e. The van der Waals surface area contributed by atoms with Crippen molar-refractivity contribution in [3.05, 3.63) is 11.6 Å². The van der Waals surface area contributed by atoms with E-state index in [1.54, 1.807) is 0 Å². The van der Waals surface area contributed by atoms with Gasteiger partial charge in [0.05, 0.1) is 6.61 Å². The lowest BCUT2D eigenvalue weighted by molar-refractivity contribution is 0.191. The Morgan fingerprint density at radius 3 is 2.83 bits per heavy atom. The van der Waals surface area contributed by atoms with Crippen molar-refractivity contribution in [1.29, 1.82) is 0 Å². The zero-order chi connectivity index (χ0) is 8.97. The first kappa shape index (κ1) is 10.3. The Balaban J connectivity index is 2.50. The molecule has 0 radical (unpaired) electrons. The summed E-state index contributed by atoms with van der Waals surface area (Å²) in [6, 6.07) is 0. The number of rotatable bonds is 3. The minimum atomic E-state index is 0.657. The molecule has 0 aromatic heterocycles. The first-order valence-corrected chi connectivity index (χ1v) is 5.70. The van der Waals surface area contributed by atoms with E-state index in [2.05, 4.69) is 35.9 Å². The lowest BCUT2D eigenvalue weighted by Crippen LogP contribution is -2.01. The summed E-state index contributed by atoms with van der Waals surface area (Å²) in [6.45, 7) is 6.34. The molecule has 1 nitrogen and oxygen atoms in total. The molecule has 0 amide bonds. The molecule has 1 aliphatic heterocycles. The first-order valence-electron chi connectivity index (χ1n) is 4.58. The summed E-state index contributed by atoms with van der Waals surface area (Å²) in [6.07, 6.45) is 3.58. The van der Waals surface area contributed by atoms with Crippen LogP contribution < -0.4 is 0 Å². The van der Waals surface area contributed by atoms with Crippen molar-refractivity contribution >= 4 is 15.9 Å². The van der Waals surface area contributed by atoms with E-state index in [0.717, 1.165) is 18.5 Å². The molecule has 1 saturated heterocycles. The van der Waals surface area contributed by atoms with Crippen LogP contribution in [0.5, 0.6) is 0 Å². The van der Waals surface area contributed by atoms with Crippen molar-refractivity contribution in [2.75, 3.05) is 18.5 Å². The average Bonchev–Trinajstić information content (AvgIpc) is 2.51. The molecule has 1 rings (SSSR count). The van der Waals surface area contributed by atoms with Crippen molar-refractivity contribution in [3.8, 4) is 0 Å². The van der Waals surface area contributed by atoms with Gasteiger partial charge in [-0.1, -0.05) is 41.4 Å². The van der Waals surface area contributed by atoms with E-state index < -0.39 is 0 Å². The van der Waals surface area contributed by atoms with E-state index in [1.807, 2.05) is 0 Å². The molecule has 1 aliphatic rings. The predicted molar refractivity (Wildman–Crippen MR) is 55.6 cm³/mol. The Morgan fingerprint density at radius 2 is 2.42 bits per heavy atom. The van der Waals surface area contributed by atoms with Gasteiger partial charge in [0.25, 0.3) is 0 Å². The predicted octanol–water partition coefficient (Wildman–Crippen LogP) is 3.00. The highest BCUT2D eigenvalue weighted by Gasteiger charge is 2.14. The van der Waals surface area contributed by atoms with E-state index in [-0.39, 0.29) is 0 Å². The smallest absolute Gasteiger partial charge is 0.0529 e. The van der Waals surface area contributed by atoms with Crippen LogP contribution in [0.2, 0.25) is 0 Å². The first-order chi connectivity index (χ1) is 5.74. The fraction of sp³-hybridized carbons (Fsp3) is 0.800. The molecule has 0 aromatic rings. The van der Waals surface area contributed by atoms with E-state index in [0.29, 0.717) is 11.8 Å². The molecule has 0 N–H and O–H groups in total. The van der Waals surface area contributed by atoms with Crippen LogP contribution in [0.1, 0.15) is 20.3 Å². The van der Waals surface area contributed by atoms with Gasteiger partial charge in [-0.05, 0) is 12.3 Å². The van der Waals surface area contributed by atoms with E-state index in [1.165, 1.54) is 12.0 Å². The van der Waals surface area contributed by atoms with Crippen molar-refractivity contribution in [3.63, 3.8) is 0 Å². The van der Waals surface area contributed by atoms with Crippen molar-refractivity contribution in [1.82, 2.24) is 0 Å². The van der Waals surface area contributed by atoms with Gasteiger partial charge in [0, 0.05) is 17.9 Å². The molecule has 1 atom stereocenters. The molecule has 1 heterocycles. The van der Waals surface area contributed by atoms with Gasteiger partial charge < -0.3 is 4.74 Å². The van der Waals surface area contributed by atoms with Gasteiger partial charge in [-0.2, -0.15) is 0 Å². The van der Waals surface area contributed by atoms with Crippen molar-refractivity contribution in [2.45, 2.75) is 20.3 Å². The minimum Gasteiger partial charge on any atom is -0.381 e. The molecule has 2 heteroatoms. The Labute approximate surface area is 83.3 Å². The monoisotopic (exact) mass is 232 g/mol. The maximum Gasteiger partial charge on any atom is 0.0529 e. The maximum atomic E-state index is 5.32. The number of allylic oxidation sites excluding steroid dienone is 1. The molecule has 70 valence electrons. The zero-order valence-electron chi connectivity index (χ0n) is 7.85. The number of alkyl halides is 1. The third-order valence-electron chi connectivity index (χ3n) is 2.31. The summed E-state index contributed by atoms with van der Waals surface area (Å²) >= 11 is 3.51. The summed E-state index contributed by atoms with van der Waals surface area (Å²) < 4.78 is 5.32. The Kier molecular flexibility index (Phi) is 4.30. The average molecular weight is 233 g/mol. The maximum absolute atomic E-state index is 5.32. The second-order valence-corrected chi connectivity index (χ2v) is 4.21. The second-order valence-electron chi connectivity index (χ2n) is 3.65. The molecule has 0 aromatic carbocycles. The number of hydrogen-bond acceptors (Lipinski definition) is 1. The van der Waals surface area contributed by atoms with Gasteiger partial charge >= 0.3 is 0 Å². The quantitative estimate of drug-likeness (QED) is 0.537. The van der Waals surface area contributed by atoms with Gasteiger partial charge in [-0.3, -0.25) is 0 Å². The normalized spacial score (nSPS) is 25.3. The number of hydrogen-bond donors (Lipinski definition) is 0. The summed E-state index contributed by atoms with van der Waals surface area (Å²) in [4.78, 5) is 0. The third-order valence-corrected chi connectivity index (χ3v) is 2.96. The second kappa shape index (κ2) is 5.03. The lowest BCUT2D eigenvalue weighted by atomic mass is 9.99. The van der Waals surface area contributed by atoms with Crippen LogP contribution >= 0.6 is 15.9 Å². The fourth-order valence-electron chi connectivity index (χ4n) is 1.38. The van der Waals surface area contributed by atoms with Gasteiger partial charge in [0.2, 0.25) is 0 Å². The third kappa shape index (κ3) is 2.91. The molecule has 0 spiro atoms. The van der Waals surface area contributed by atoms with Crippen LogP contribution in [0.3, 0.4) is 0 Å². The Morgan fingerprint density at radius 1 is 1.67 bits per heavy atom. The standard InChI is InChI=1S/C10H17BrO/c1-8(2)10(6-11)5-9-3-4-12-7-9/h5,8-9H,3-4,6-7H2,1-2H3. The van der Waals surface area contributed by atoms with Crippen LogP contribution in [-0.4, -0.2) is 18.5 Å².